The SMILES string of the molecule is C[C@@H]1CC(=O)Nc2ccccc2N1C(=O)CSc1ncnc2ccccc12. The summed E-state index contributed by atoms with van der Waals surface area (Å²) in [6.07, 6.45) is 1.78. The Morgan fingerprint density at radius 3 is 2.85 bits per heavy atom. The Balaban J connectivity index is 1.59. The van der Waals surface area contributed by atoms with Gasteiger partial charge < -0.3 is 10.2 Å². The molecule has 27 heavy (non-hydrogen) atoms. The highest BCUT2D eigenvalue weighted by molar-refractivity contribution is 8.00. The van der Waals surface area contributed by atoms with Gasteiger partial charge in [0.25, 0.3) is 0 Å². The molecule has 6 nitrogen and oxygen atoms in total. The summed E-state index contributed by atoms with van der Waals surface area (Å²) in [7, 11) is 0. The highest BCUT2D eigenvalue weighted by Crippen LogP contribution is 2.32. The lowest BCUT2D eigenvalue weighted by Crippen LogP contribution is -2.40. The largest absolute Gasteiger partial charge is 0.324 e. The minimum Gasteiger partial charge on any atom is -0.324 e. The number of hydrogen-bond acceptors (Lipinski definition) is 5. The molecule has 1 N–H and O–H groups in total. The molecule has 0 spiro atoms. The van der Waals surface area contributed by atoms with Crippen molar-refractivity contribution in [2.24, 2.45) is 0 Å². The van der Waals surface area contributed by atoms with Crippen LogP contribution in [0.5, 0.6) is 0 Å². The van der Waals surface area contributed by atoms with Gasteiger partial charge in [-0.05, 0) is 25.1 Å². The van der Waals surface area contributed by atoms with Gasteiger partial charge in [-0.25, -0.2) is 9.97 Å². The number of rotatable bonds is 3. The van der Waals surface area contributed by atoms with Gasteiger partial charge in [0.1, 0.15) is 11.4 Å². The fourth-order valence-corrected chi connectivity index (χ4v) is 4.11. The summed E-state index contributed by atoms with van der Waals surface area (Å²) in [6, 6.07) is 14.9. The van der Waals surface area contributed by atoms with Crippen molar-refractivity contribution in [1.29, 1.82) is 0 Å². The molecule has 2 amide bonds. The summed E-state index contributed by atoms with van der Waals surface area (Å²) < 4.78 is 0. The Morgan fingerprint density at radius 1 is 1.19 bits per heavy atom. The molecule has 1 aliphatic heterocycles. The van der Waals surface area contributed by atoms with Crippen molar-refractivity contribution in [1.82, 2.24) is 9.97 Å². The monoisotopic (exact) mass is 378 g/mol. The number of amides is 2. The van der Waals surface area contributed by atoms with E-state index in [9.17, 15) is 9.59 Å². The predicted octanol–water partition coefficient (Wildman–Crippen LogP) is 3.49. The number of benzene rings is 2. The van der Waals surface area contributed by atoms with Crippen molar-refractivity contribution in [2.75, 3.05) is 16.0 Å². The molecule has 7 heteroatoms. The minimum absolute atomic E-state index is 0.0563. The fourth-order valence-electron chi connectivity index (χ4n) is 3.26. The Kier molecular flexibility index (Phi) is 4.77. The van der Waals surface area contributed by atoms with E-state index in [1.165, 1.54) is 18.1 Å². The number of nitrogens with one attached hydrogen (secondary N) is 1. The molecule has 2 aromatic carbocycles. The number of carbonyl (C=O) groups is 2. The van der Waals surface area contributed by atoms with Crippen LogP contribution >= 0.6 is 11.8 Å². The lowest BCUT2D eigenvalue weighted by Gasteiger charge is -2.27. The van der Waals surface area contributed by atoms with E-state index in [1.54, 1.807) is 4.90 Å². The van der Waals surface area contributed by atoms with Crippen LogP contribution < -0.4 is 10.2 Å². The Hall–Kier alpha value is -2.93. The van der Waals surface area contributed by atoms with Gasteiger partial charge in [0.15, 0.2) is 0 Å². The number of anilines is 2. The molecule has 0 fully saturated rings. The third-order valence-corrected chi connectivity index (χ3v) is 5.46. The number of fused-ring (bicyclic) bond motifs is 2. The van der Waals surface area contributed by atoms with Gasteiger partial charge in [0.2, 0.25) is 11.8 Å². The standard InChI is InChI=1S/C20H18N4O2S/c1-13-10-18(25)23-16-8-4-5-9-17(16)24(13)19(26)11-27-20-14-6-2-3-7-15(14)21-12-22-20/h2-9,12-13H,10-11H2,1H3,(H,23,25)/t13-/m1/s1. The van der Waals surface area contributed by atoms with Crippen LogP contribution in [-0.4, -0.2) is 33.6 Å². The molecular formula is C20H18N4O2S. The number of aromatic nitrogens is 2. The molecule has 0 saturated carbocycles. The molecule has 0 saturated heterocycles. The molecule has 0 bridgehead atoms. The second-order valence-corrected chi connectivity index (χ2v) is 7.33. The van der Waals surface area contributed by atoms with E-state index < -0.39 is 0 Å². The van der Waals surface area contributed by atoms with E-state index in [0.717, 1.165) is 21.6 Å². The van der Waals surface area contributed by atoms with Crippen LogP contribution in [0.1, 0.15) is 13.3 Å². The van der Waals surface area contributed by atoms with Crippen LogP contribution in [0.3, 0.4) is 0 Å². The van der Waals surface area contributed by atoms with Gasteiger partial charge in [0, 0.05) is 17.8 Å². The Labute approximate surface area is 161 Å². The van der Waals surface area contributed by atoms with Crippen LogP contribution in [-0.2, 0) is 9.59 Å². The molecule has 1 aliphatic rings. The van der Waals surface area contributed by atoms with E-state index in [1.807, 2.05) is 55.5 Å². The van der Waals surface area contributed by atoms with E-state index >= 15 is 0 Å². The molecule has 3 aromatic rings. The maximum atomic E-state index is 13.1. The lowest BCUT2D eigenvalue weighted by atomic mass is 10.2. The Bertz CT molecular complexity index is 1020. The number of thioether (sulfide) groups is 1. The molecule has 0 aliphatic carbocycles. The van der Waals surface area contributed by atoms with E-state index in [0.29, 0.717) is 5.69 Å². The second-order valence-electron chi connectivity index (χ2n) is 6.37. The maximum Gasteiger partial charge on any atom is 0.237 e. The zero-order valence-electron chi connectivity index (χ0n) is 14.8. The topological polar surface area (TPSA) is 75.2 Å². The van der Waals surface area contributed by atoms with Crippen LogP contribution in [0, 0.1) is 0 Å². The molecule has 2 heterocycles. The van der Waals surface area contributed by atoms with Gasteiger partial charge >= 0.3 is 0 Å². The number of carbonyl (C=O) groups excluding carboxylic acids is 2. The quantitative estimate of drug-likeness (QED) is 0.558. The van der Waals surface area contributed by atoms with Crippen molar-refractivity contribution in [3.05, 3.63) is 54.9 Å². The van der Waals surface area contributed by atoms with Gasteiger partial charge in [0.05, 0.1) is 22.6 Å². The first kappa shape index (κ1) is 17.5. The van der Waals surface area contributed by atoms with E-state index in [2.05, 4.69) is 15.3 Å². The summed E-state index contributed by atoms with van der Waals surface area (Å²) in [6.45, 7) is 1.89. The molecule has 136 valence electrons. The van der Waals surface area contributed by atoms with Crippen LogP contribution in [0.15, 0.2) is 59.9 Å². The number of nitrogens with zero attached hydrogens (tertiary/aromatic N) is 3. The predicted molar refractivity (Wildman–Crippen MR) is 107 cm³/mol. The molecular weight excluding hydrogens is 360 g/mol. The van der Waals surface area contributed by atoms with Crippen molar-refractivity contribution in [2.45, 2.75) is 24.4 Å². The average molecular weight is 378 g/mol. The first-order chi connectivity index (χ1) is 13.1. The van der Waals surface area contributed by atoms with Crippen molar-refractivity contribution in [3.63, 3.8) is 0 Å². The third-order valence-electron chi connectivity index (χ3n) is 4.47. The van der Waals surface area contributed by atoms with Gasteiger partial charge in [-0.15, -0.1) is 0 Å². The van der Waals surface area contributed by atoms with E-state index in [-0.39, 0.29) is 30.0 Å². The normalized spacial score (nSPS) is 16.6. The first-order valence-corrected chi connectivity index (χ1v) is 9.65. The number of para-hydroxylation sites is 3. The Morgan fingerprint density at radius 2 is 1.96 bits per heavy atom. The zero-order valence-corrected chi connectivity index (χ0v) is 15.6. The molecule has 1 atom stereocenters. The summed E-state index contributed by atoms with van der Waals surface area (Å²) in [5.41, 5.74) is 2.25. The molecule has 0 unspecified atom stereocenters. The second kappa shape index (κ2) is 7.36. The van der Waals surface area contributed by atoms with Crippen molar-refractivity contribution >= 4 is 45.9 Å². The molecule has 4 rings (SSSR count). The molecule has 0 radical (unpaired) electrons. The first-order valence-electron chi connectivity index (χ1n) is 8.67. The summed E-state index contributed by atoms with van der Waals surface area (Å²) in [5.74, 6) is 0.0901. The summed E-state index contributed by atoms with van der Waals surface area (Å²) in [4.78, 5) is 35.4. The van der Waals surface area contributed by atoms with Crippen molar-refractivity contribution in [3.8, 4) is 0 Å². The number of hydrogen-bond donors (Lipinski definition) is 1. The van der Waals surface area contributed by atoms with Crippen LogP contribution in [0.25, 0.3) is 10.9 Å². The summed E-state index contributed by atoms with van der Waals surface area (Å²) >= 11 is 1.39. The summed E-state index contributed by atoms with van der Waals surface area (Å²) in [5, 5.41) is 4.58. The maximum absolute atomic E-state index is 13.1. The van der Waals surface area contributed by atoms with E-state index in [4.69, 9.17) is 0 Å². The molecule has 1 aromatic heterocycles. The lowest BCUT2D eigenvalue weighted by molar-refractivity contribution is -0.117. The van der Waals surface area contributed by atoms with Crippen LogP contribution in [0.2, 0.25) is 0 Å². The third kappa shape index (κ3) is 3.50. The highest BCUT2D eigenvalue weighted by Gasteiger charge is 2.29. The highest BCUT2D eigenvalue weighted by atomic mass is 32.2. The van der Waals surface area contributed by atoms with Gasteiger partial charge in [-0.1, -0.05) is 42.1 Å². The van der Waals surface area contributed by atoms with Gasteiger partial charge in [-0.2, -0.15) is 0 Å². The smallest absolute Gasteiger partial charge is 0.237 e. The fraction of sp³-hybridized carbons (Fsp3) is 0.200. The van der Waals surface area contributed by atoms with Crippen molar-refractivity contribution < 1.29 is 9.59 Å². The average Bonchev–Trinajstić information content (AvgIpc) is 2.80. The van der Waals surface area contributed by atoms with Gasteiger partial charge in [-0.3, -0.25) is 9.59 Å². The zero-order chi connectivity index (χ0) is 18.8. The minimum atomic E-state index is -0.219. The van der Waals surface area contributed by atoms with Crippen LogP contribution in [0.4, 0.5) is 11.4 Å².